The molecular formula is C14H21N. The first-order valence-electron chi connectivity index (χ1n) is 5.44. The molecule has 1 rings (SSSR count). The van der Waals surface area contributed by atoms with E-state index in [-0.39, 0.29) is 5.41 Å². The van der Waals surface area contributed by atoms with Gasteiger partial charge in [-0.05, 0) is 40.7 Å². The van der Waals surface area contributed by atoms with Crippen LogP contribution in [0.2, 0.25) is 0 Å². The lowest BCUT2D eigenvalue weighted by Crippen LogP contribution is -2.14. The Morgan fingerprint density at radius 1 is 1.33 bits per heavy atom. The SMILES string of the molecule is C=C(CC)c1cc(N)ccc1C(C)(C)C. The van der Waals surface area contributed by atoms with Gasteiger partial charge >= 0.3 is 0 Å². The summed E-state index contributed by atoms with van der Waals surface area (Å²) >= 11 is 0. The Balaban J connectivity index is 3.33. The minimum Gasteiger partial charge on any atom is -0.399 e. The van der Waals surface area contributed by atoms with Crippen molar-refractivity contribution in [3.8, 4) is 0 Å². The lowest BCUT2D eigenvalue weighted by atomic mass is 9.81. The molecule has 0 bridgehead atoms. The normalized spacial score (nSPS) is 11.5. The van der Waals surface area contributed by atoms with Crippen molar-refractivity contribution in [3.05, 3.63) is 35.9 Å². The Morgan fingerprint density at radius 3 is 2.40 bits per heavy atom. The van der Waals surface area contributed by atoms with Crippen molar-refractivity contribution in [2.75, 3.05) is 5.73 Å². The van der Waals surface area contributed by atoms with Gasteiger partial charge in [0.15, 0.2) is 0 Å². The van der Waals surface area contributed by atoms with E-state index in [4.69, 9.17) is 5.73 Å². The number of nitrogen functional groups attached to an aromatic ring is 1. The smallest absolute Gasteiger partial charge is 0.0320 e. The summed E-state index contributed by atoms with van der Waals surface area (Å²) in [5, 5.41) is 0. The number of nitrogens with two attached hydrogens (primary N) is 1. The Morgan fingerprint density at radius 2 is 1.93 bits per heavy atom. The highest BCUT2D eigenvalue weighted by atomic mass is 14.5. The Kier molecular flexibility index (Phi) is 3.23. The van der Waals surface area contributed by atoms with Crippen LogP contribution in [0, 0.1) is 0 Å². The monoisotopic (exact) mass is 203 g/mol. The van der Waals surface area contributed by atoms with E-state index in [1.54, 1.807) is 0 Å². The van der Waals surface area contributed by atoms with Crippen LogP contribution in [0.3, 0.4) is 0 Å². The van der Waals surface area contributed by atoms with Crippen molar-refractivity contribution in [2.45, 2.75) is 39.5 Å². The predicted molar refractivity (Wildman–Crippen MR) is 68.9 cm³/mol. The third-order valence-corrected chi connectivity index (χ3v) is 2.66. The second-order valence-electron chi connectivity index (χ2n) is 5.01. The van der Waals surface area contributed by atoms with Crippen LogP contribution in [0.1, 0.15) is 45.2 Å². The molecule has 0 aliphatic carbocycles. The molecule has 0 atom stereocenters. The molecule has 0 aromatic heterocycles. The number of benzene rings is 1. The van der Waals surface area contributed by atoms with Gasteiger partial charge in [0.1, 0.15) is 0 Å². The van der Waals surface area contributed by atoms with Crippen LogP contribution < -0.4 is 5.73 Å². The fourth-order valence-corrected chi connectivity index (χ4v) is 1.70. The molecule has 1 nitrogen and oxygen atoms in total. The zero-order valence-corrected chi connectivity index (χ0v) is 10.2. The van der Waals surface area contributed by atoms with Gasteiger partial charge in [-0.15, -0.1) is 0 Å². The zero-order valence-electron chi connectivity index (χ0n) is 10.2. The Hall–Kier alpha value is -1.24. The van der Waals surface area contributed by atoms with Crippen molar-refractivity contribution in [1.82, 2.24) is 0 Å². The van der Waals surface area contributed by atoms with Crippen LogP contribution in [-0.2, 0) is 5.41 Å². The first-order chi connectivity index (χ1) is 6.86. The lowest BCUT2D eigenvalue weighted by Gasteiger charge is -2.24. The topological polar surface area (TPSA) is 26.0 Å². The van der Waals surface area contributed by atoms with Crippen LogP contribution in [0.25, 0.3) is 5.57 Å². The van der Waals surface area contributed by atoms with Gasteiger partial charge in [-0.25, -0.2) is 0 Å². The van der Waals surface area contributed by atoms with Crippen molar-refractivity contribution in [2.24, 2.45) is 0 Å². The fourth-order valence-electron chi connectivity index (χ4n) is 1.70. The third kappa shape index (κ3) is 2.62. The second-order valence-corrected chi connectivity index (χ2v) is 5.01. The average Bonchev–Trinajstić information content (AvgIpc) is 2.14. The molecule has 0 saturated heterocycles. The van der Waals surface area contributed by atoms with Crippen LogP contribution in [0.15, 0.2) is 24.8 Å². The molecule has 0 amide bonds. The summed E-state index contributed by atoms with van der Waals surface area (Å²) < 4.78 is 0. The summed E-state index contributed by atoms with van der Waals surface area (Å²) in [6.45, 7) is 12.9. The zero-order chi connectivity index (χ0) is 11.6. The summed E-state index contributed by atoms with van der Waals surface area (Å²) in [5.41, 5.74) is 10.5. The van der Waals surface area contributed by atoms with Gasteiger partial charge < -0.3 is 5.73 Å². The van der Waals surface area contributed by atoms with Gasteiger partial charge in [0.2, 0.25) is 0 Å². The largest absolute Gasteiger partial charge is 0.399 e. The number of rotatable bonds is 2. The molecule has 0 spiro atoms. The van der Waals surface area contributed by atoms with E-state index in [0.717, 1.165) is 17.7 Å². The standard InChI is InChI=1S/C14H21N/c1-6-10(2)12-9-11(15)7-8-13(12)14(3,4)5/h7-9H,2,6,15H2,1,3-5H3. The summed E-state index contributed by atoms with van der Waals surface area (Å²) in [6, 6.07) is 6.12. The predicted octanol–water partition coefficient (Wildman–Crippen LogP) is 3.99. The molecule has 0 radical (unpaired) electrons. The van der Waals surface area contributed by atoms with Gasteiger partial charge in [-0.1, -0.05) is 40.3 Å². The molecule has 0 unspecified atom stereocenters. The molecule has 1 aromatic carbocycles. The maximum absolute atomic E-state index is 5.82. The summed E-state index contributed by atoms with van der Waals surface area (Å²) in [4.78, 5) is 0. The van der Waals surface area contributed by atoms with E-state index in [9.17, 15) is 0 Å². The van der Waals surface area contributed by atoms with Crippen molar-refractivity contribution in [1.29, 1.82) is 0 Å². The van der Waals surface area contributed by atoms with E-state index >= 15 is 0 Å². The minimum atomic E-state index is 0.140. The van der Waals surface area contributed by atoms with E-state index < -0.39 is 0 Å². The molecule has 1 aromatic rings. The number of hydrogen-bond acceptors (Lipinski definition) is 1. The highest BCUT2D eigenvalue weighted by Crippen LogP contribution is 2.32. The van der Waals surface area contributed by atoms with Gasteiger partial charge in [0, 0.05) is 5.69 Å². The molecule has 15 heavy (non-hydrogen) atoms. The molecule has 0 aliphatic heterocycles. The maximum Gasteiger partial charge on any atom is 0.0320 e. The molecule has 1 heteroatoms. The average molecular weight is 203 g/mol. The van der Waals surface area contributed by atoms with E-state index in [0.29, 0.717) is 0 Å². The highest BCUT2D eigenvalue weighted by Gasteiger charge is 2.18. The highest BCUT2D eigenvalue weighted by molar-refractivity contribution is 5.70. The quantitative estimate of drug-likeness (QED) is 0.723. The number of anilines is 1. The minimum absolute atomic E-state index is 0.140. The van der Waals surface area contributed by atoms with Crippen LogP contribution in [-0.4, -0.2) is 0 Å². The van der Waals surface area contributed by atoms with Gasteiger partial charge in [0.25, 0.3) is 0 Å². The Labute approximate surface area is 93.0 Å². The van der Waals surface area contributed by atoms with E-state index in [1.807, 2.05) is 12.1 Å². The van der Waals surface area contributed by atoms with Crippen LogP contribution in [0.5, 0.6) is 0 Å². The molecule has 82 valence electrons. The van der Waals surface area contributed by atoms with Crippen LogP contribution >= 0.6 is 0 Å². The fraction of sp³-hybridized carbons (Fsp3) is 0.429. The third-order valence-electron chi connectivity index (χ3n) is 2.66. The maximum atomic E-state index is 5.82. The van der Waals surface area contributed by atoms with E-state index in [1.165, 1.54) is 11.1 Å². The molecule has 0 heterocycles. The van der Waals surface area contributed by atoms with Gasteiger partial charge in [-0.2, -0.15) is 0 Å². The van der Waals surface area contributed by atoms with Crippen molar-refractivity contribution in [3.63, 3.8) is 0 Å². The summed E-state index contributed by atoms with van der Waals surface area (Å²) in [6.07, 6.45) is 0.965. The van der Waals surface area contributed by atoms with Crippen LogP contribution in [0.4, 0.5) is 5.69 Å². The molecular weight excluding hydrogens is 182 g/mol. The summed E-state index contributed by atoms with van der Waals surface area (Å²) in [7, 11) is 0. The molecule has 0 saturated carbocycles. The van der Waals surface area contributed by atoms with Crippen molar-refractivity contribution >= 4 is 11.3 Å². The van der Waals surface area contributed by atoms with Gasteiger partial charge in [0.05, 0.1) is 0 Å². The summed E-state index contributed by atoms with van der Waals surface area (Å²) in [5.74, 6) is 0. The molecule has 0 fully saturated rings. The first-order valence-corrected chi connectivity index (χ1v) is 5.44. The lowest BCUT2D eigenvalue weighted by molar-refractivity contribution is 0.588. The molecule has 0 aliphatic rings. The van der Waals surface area contributed by atoms with Gasteiger partial charge in [-0.3, -0.25) is 0 Å². The number of allylic oxidation sites excluding steroid dienone is 1. The first kappa shape index (κ1) is 11.8. The van der Waals surface area contributed by atoms with Crippen molar-refractivity contribution < 1.29 is 0 Å². The number of hydrogen-bond donors (Lipinski definition) is 1. The van der Waals surface area contributed by atoms with E-state index in [2.05, 4.69) is 40.3 Å². The Bertz CT molecular complexity index is 369. The molecule has 2 N–H and O–H groups in total. The second kappa shape index (κ2) is 4.09.